The van der Waals surface area contributed by atoms with E-state index in [1.54, 1.807) is 29.2 Å². The highest BCUT2D eigenvalue weighted by atomic mass is 19.2. The zero-order chi connectivity index (χ0) is 20.0. The van der Waals surface area contributed by atoms with Gasteiger partial charge in [0.25, 0.3) is 11.8 Å². The van der Waals surface area contributed by atoms with E-state index in [-0.39, 0.29) is 11.7 Å². The average molecular weight is 376 g/mol. The minimum atomic E-state index is -1.05. The predicted octanol–water partition coefficient (Wildman–Crippen LogP) is 3.85. The van der Waals surface area contributed by atoms with Crippen molar-refractivity contribution in [2.45, 2.75) is 26.9 Å². The number of amides is 2. The Bertz CT molecular complexity index is 823. The van der Waals surface area contributed by atoms with Crippen molar-refractivity contribution in [1.82, 2.24) is 4.90 Å². The van der Waals surface area contributed by atoms with Crippen molar-refractivity contribution in [2.75, 3.05) is 18.4 Å². The molecule has 1 atom stereocenters. The van der Waals surface area contributed by atoms with Crippen LogP contribution in [0.1, 0.15) is 31.1 Å². The third-order valence-electron chi connectivity index (χ3n) is 4.00. The minimum absolute atomic E-state index is 0.0435. The molecule has 5 nitrogen and oxygen atoms in total. The highest BCUT2D eigenvalue weighted by molar-refractivity contribution is 5.98. The van der Waals surface area contributed by atoms with Gasteiger partial charge in [0.15, 0.2) is 17.7 Å². The molecule has 0 aliphatic rings. The van der Waals surface area contributed by atoms with Crippen LogP contribution in [0.3, 0.4) is 0 Å². The van der Waals surface area contributed by atoms with Crippen LogP contribution in [0.5, 0.6) is 5.75 Å². The van der Waals surface area contributed by atoms with Gasteiger partial charge in [-0.2, -0.15) is 0 Å². The molecule has 0 heterocycles. The van der Waals surface area contributed by atoms with E-state index in [9.17, 15) is 18.4 Å². The maximum absolute atomic E-state index is 13.2. The summed E-state index contributed by atoms with van der Waals surface area (Å²) in [6, 6.07) is 9.64. The molecule has 0 aromatic heterocycles. The van der Waals surface area contributed by atoms with E-state index in [0.717, 1.165) is 12.1 Å². The van der Waals surface area contributed by atoms with Crippen molar-refractivity contribution < 1.29 is 23.1 Å². The molecular formula is C20H22F2N2O3. The van der Waals surface area contributed by atoms with E-state index >= 15 is 0 Å². The molecule has 2 aromatic rings. The van der Waals surface area contributed by atoms with Gasteiger partial charge < -0.3 is 15.0 Å². The van der Waals surface area contributed by atoms with Crippen LogP contribution in [-0.4, -0.2) is 35.9 Å². The SMILES string of the molecule is CCN(CC)C(=O)c1cccc(NC(=O)C(C)Oc2ccc(F)c(F)c2)c1. The van der Waals surface area contributed by atoms with E-state index in [1.807, 2.05) is 13.8 Å². The molecule has 1 N–H and O–H groups in total. The number of ether oxygens (including phenoxy) is 1. The van der Waals surface area contributed by atoms with Gasteiger partial charge in [0.05, 0.1) is 0 Å². The van der Waals surface area contributed by atoms with Gasteiger partial charge in [-0.25, -0.2) is 8.78 Å². The Kier molecular flexibility index (Phi) is 6.87. The largest absolute Gasteiger partial charge is 0.481 e. The molecule has 7 heteroatoms. The first-order chi connectivity index (χ1) is 12.8. The molecule has 0 saturated carbocycles. The maximum atomic E-state index is 13.2. The fourth-order valence-electron chi connectivity index (χ4n) is 2.48. The Hall–Kier alpha value is -2.96. The molecule has 2 amide bonds. The fraction of sp³-hybridized carbons (Fsp3) is 0.300. The Balaban J connectivity index is 2.05. The van der Waals surface area contributed by atoms with Gasteiger partial charge in [-0.05, 0) is 51.1 Å². The molecule has 2 aromatic carbocycles. The summed E-state index contributed by atoms with van der Waals surface area (Å²) in [5, 5.41) is 2.66. The summed E-state index contributed by atoms with van der Waals surface area (Å²) in [5.41, 5.74) is 0.907. The highest BCUT2D eigenvalue weighted by Gasteiger charge is 2.17. The Morgan fingerprint density at radius 2 is 1.78 bits per heavy atom. The summed E-state index contributed by atoms with van der Waals surface area (Å²) in [4.78, 5) is 26.4. The standard InChI is InChI=1S/C20H22F2N2O3/c1-4-24(5-2)20(26)14-7-6-8-15(11-14)23-19(25)13(3)27-16-9-10-17(21)18(22)12-16/h6-13H,4-5H2,1-3H3,(H,23,25). The second-order valence-electron chi connectivity index (χ2n) is 5.88. The fourth-order valence-corrected chi connectivity index (χ4v) is 2.48. The summed E-state index contributed by atoms with van der Waals surface area (Å²) in [5.74, 6) is -2.60. The topological polar surface area (TPSA) is 58.6 Å². The smallest absolute Gasteiger partial charge is 0.265 e. The first-order valence-electron chi connectivity index (χ1n) is 8.67. The molecular weight excluding hydrogens is 354 g/mol. The normalized spacial score (nSPS) is 11.6. The van der Waals surface area contributed by atoms with Crippen LogP contribution in [0.4, 0.5) is 14.5 Å². The number of hydrogen-bond donors (Lipinski definition) is 1. The third kappa shape index (κ3) is 5.26. The van der Waals surface area contributed by atoms with Gasteiger partial charge in [-0.1, -0.05) is 6.07 Å². The predicted molar refractivity (Wildman–Crippen MR) is 98.8 cm³/mol. The van der Waals surface area contributed by atoms with Crippen LogP contribution in [0.25, 0.3) is 0 Å². The molecule has 0 aliphatic heterocycles. The van der Waals surface area contributed by atoms with Crippen molar-refractivity contribution in [1.29, 1.82) is 0 Å². The Morgan fingerprint density at radius 1 is 1.07 bits per heavy atom. The number of halogens is 2. The van der Waals surface area contributed by atoms with Crippen LogP contribution in [0.15, 0.2) is 42.5 Å². The summed E-state index contributed by atoms with van der Waals surface area (Å²) >= 11 is 0. The van der Waals surface area contributed by atoms with E-state index in [2.05, 4.69) is 5.32 Å². The Morgan fingerprint density at radius 3 is 2.41 bits per heavy atom. The number of anilines is 1. The van der Waals surface area contributed by atoms with Gasteiger partial charge in [-0.3, -0.25) is 9.59 Å². The first-order valence-corrected chi connectivity index (χ1v) is 8.67. The second-order valence-corrected chi connectivity index (χ2v) is 5.88. The molecule has 0 fully saturated rings. The van der Waals surface area contributed by atoms with Crippen molar-refractivity contribution in [3.8, 4) is 5.75 Å². The number of rotatable bonds is 7. The lowest BCUT2D eigenvalue weighted by atomic mass is 10.1. The van der Waals surface area contributed by atoms with Gasteiger partial charge in [0.2, 0.25) is 0 Å². The molecule has 144 valence electrons. The lowest BCUT2D eigenvalue weighted by Gasteiger charge is -2.19. The summed E-state index contributed by atoms with van der Waals surface area (Å²) in [7, 11) is 0. The summed E-state index contributed by atoms with van der Waals surface area (Å²) in [6.07, 6.45) is -0.947. The minimum Gasteiger partial charge on any atom is -0.481 e. The third-order valence-corrected chi connectivity index (χ3v) is 4.00. The molecule has 2 rings (SSSR count). The zero-order valence-corrected chi connectivity index (χ0v) is 15.5. The lowest BCUT2D eigenvalue weighted by Crippen LogP contribution is -2.31. The van der Waals surface area contributed by atoms with Crippen LogP contribution in [0, 0.1) is 11.6 Å². The number of hydrogen-bond acceptors (Lipinski definition) is 3. The molecule has 0 aliphatic carbocycles. The number of nitrogens with zero attached hydrogens (tertiary/aromatic N) is 1. The van der Waals surface area contributed by atoms with Crippen molar-refractivity contribution in [3.63, 3.8) is 0 Å². The molecule has 0 spiro atoms. The highest BCUT2D eigenvalue weighted by Crippen LogP contribution is 2.18. The quantitative estimate of drug-likeness (QED) is 0.798. The van der Waals surface area contributed by atoms with Gasteiger partial charge in [0.1, 0.15) is 5.75 Å². The summed E-state index contributed by atoms with van der Waals surface area (Å²) in [6.45, 7) is 6.45. The van der Waals surface area contributed by atoms with Crippen molar-refractivity contribution >= 4 is 17.5 Å². The van der Waals surface area contributed by atoms with Gasteiger partial charge >= 0.3 is 0 Å². The van der Waals surface area contributed by atoms with Crippen molar-refractivity contribution in [3.05, 3.63) is 59.7 Å². The number of carbonyl (C=O) groups is 2. The lowest BCUT2D eigenvalue weighted by molar-refractivity contribution is -0.122. The van der Waals surface area contributed by atoms with Crippen LogP contribution in [-0.2, 0) is 4.79 Å². The zero-order valence-electron chi connectivity index (χ0n) is 15.5. The van der Waals surface area contributed by atoms with E-state index in [1.165, 1.54) is 13.0 Å². The number of carbonyl (C=O) groups excluding carboxylic acids is 2. The van der Waals surface area contributed by atoms with Crippen LogP contribution >= 0.6 is 0 Å². The van der Waals surface area contributed by atoms with E-state index in [4.69, 9.17) is 4.74 Å². The average Bonchev–Trinajstić information content (AvgIpc) is 2.65. The van der Waals surface area contributed by atoms with Crippen LogP contribution < -0.4 is 10.1 Å². The monoisotopic (exact) mass is 376 g/mol. The molecule has 0 saturated heterocycles. The van der Waals surface area contributed by atoms with Gasteiger partial charge in [0, 0.05) is 30.4 Å². The van der Waals surface area contributed by atoms with Crippen molar-refractivity contribution in [2.24, 2.45) is 0 Å². The van der Waals surface area contributed by atoms with Gasteiger partial charge in [-0.15, -0.1) is 0 Å². The number of nitrogens with one attached hydrogen (secondary N) is 1. The molecule has 27 heavy (non-hydrogen) atoms. The van der Waals surface area contributed by atoms with Crippen LogP contribution in [0.2, 0.25) is 0 Å². The second kappa shape index (κ2) is 9.12. The van der Waals surface area contributed by atoms with E-state index < -0.39 is 23.6 Å². The summed E-state index contributed by atoms with van der Waals surface area (Å²) < 4.78 is 31.5. The molecule has 1 unspecified atom stereocenters. The molecule has 0 bridgehead atoms. The molecule has 0 radical (unpaired) electrons. The van der Waals surface area contributed by atoms with E-state index in [0.29, 0.717) is 24.3 Å². The Labute approximate surface area is 156 Å². The number of benzene rings is 2. The maximum Gasteiger partial charge on any atom is 0.265 e. The first kappa shape index (κ1) is 20.4.